The molecule has 2 aromatic carbocycles. The number of benzene rings is 2. The van der Waals surface area contributed by atoms with Gasteiger partial charge in [0.25, 0.3) is 0 Å². The molecule has 2 rings (SSSR count). The number of nitrogens with zero attached hydrogens (tertiary/aromatic N) is 1. The molecule has 0 heterocycles. The largest absolute Gasteiger partial charge is 0.496 e. The van der Waals surface area contributed by atoms with Crippen molar-refractivity contribution in [1.82, 2.24) is 4.90 Å². The average molecular weight is 329 g/mol. The smallest absolute Gasteiger partial charge is 0.153 e. The SMILES string of the molecule is COc1cccc(OC)c1-c1ccc(OCCN(C)C)c(C=O)c1. The molecule has 0 bridgehead atoms. The lowest BCUT2D eigenvalue weighted by atomic mass is 10.0. The molecule has 0 saturated carbocycles. The fraction of sp³-hybridized carbons (Fsp3) is 0.316. The molecule has 0 fully saturated rings. The molecule has 0 aromatic heterocycles. The molecule has 0 saturated heterocycles. The van der Waals surface area contributed by atoms with Crippen LogP contribution in [0.3, 0.4) is 0 Å². The maximum atomic E-state index is 11.5. The molecule has 0 aliphatic carbocycles. The third-order valence-corrected chi connectivity index (χ3v) is 3.65. The predicted molar refractivity (Wildman–Crippen MR) is 94.4 cm³/mol. The molecule has 0 spiro atoms. The first kappa shape index (κ1) is 17.8. The predicted octanol–water partition coefficient (Wildman–Crippen LogP) is 3.12. The summed E-state index contributed by atoms with van der Waals surface area (Å²) in [5.74, 6) is 1.95. The van der Waals surface area contributed by atoms with Crippen molar-refractivity contribution in [3.63, 3.8) is 0 Å². The van der Waals surface area contributed by atoms with Crippen molar-refractivity contribution in [2.75, 3.05) is 41.5 Å². The van der Waals surface area contributed by atoms with Crippen LogP contribution in [0.25, 0.3) is 11.1 Å². The highest BCUT2D eigenvalue weighted by molar-refractivity contribution is 5.85. The molecular weight excluding hydrogens is 306 g/mol. The van der Waals surface area contributed by atoms with Crippen molar-refractivity contribution in [3.05, 3.63) is 42.0 Å². The summed E-state index contributed by atoms with van der Waals surface area (Å²) in [6, 6.07) is 11.1. The molecule has 0 unspecified atom stereocenters. The van der Waals surface area contributed by atoms with Gasteiger partial charge < -0.3 is 19.1 Å². The van der Waals surface area contributed by atoms with Crippen LogP contribution in [0.15, 0.2) is 36.4 Å². The molecule has 5 heteroatoms. The van der Waals surface area contributed by atoms with Gasteiger partial charge in [-0.3, -0.25) is 4.79 Å². The minimum Gasteiger partial charge on any atom is -0.496 e. The van der Waals surface area contributed by atoms with E-state index in [4.69, 9.17) is 14.2 Å². The molecule has 0 aliphatic heterocycles. The fourth-order valence-electron chi connectivity index (χ4n) is 2.40. The maximum Gasteiger partial charge on any atom is 0.153 e. The Hall–Kier alpha value is -2.53. The van der Waals surface area contributed by atoms with Crippen molar-refractivity contribution in [2.24, 2.45) is 0 Å². The molecule has 5 nitrogen and oxygen atoms in total. The molecular formula is C19H23NO4. The second-order valence-corrected chi connectivity index (χ2v) is 5.56. The Morgan fingerprint density at radius 1 is 1.00 bits per heavy atom. The lowest BCUT2D eigenvalue weighted by Gasteiger charge is -2.15. The van der Waals surface area contributed by atoms with Crippen molar-refractivity contribution in [2.45, 2.75) is 0 Å². The van der Waals surface area contributed by atoms with Crippen molar-refractivity contribution < 1.29 is 19.0 Å². The van der Waals surface area contributed by atoms with Gasteiger partial charge in [-0.15, -0.1) is 0 Å². The van der Waals surface area contributed by atoms with Crippen LogP contribution in [0.5, 0.6) is 17.2 Å². The van der Waals surface area contributed by atoms with Gasteiger partial charge in [-0.05, 0) is 43.9 Å². The summed E-state index contributed by atoms with van der Waals surface area (Å²) >= 11 is 0. The lowest BCUT2D eigenvalue weighted by Crippen LogP contribution is -2.19. The summed E-state index contributed by atoms with van der Waals surface area (Å²) in [5.41, 5.74) is 2.15. The number of methoxy groups -OCH3 is 2. The zero-order valence-corrected chi connectivity index (χ0v) is 14.5. The molecule has 24 heavy (non-hydrogen) atoms. The van der Waals surface area contributed by atoms with Crippen LogP contribution < -0.4 is 14.2 Å². The van der Waals surface area contributed by atoms with E-state index in [-0.39, 0.29) is 0 Å². The third kappa shape index (κ3) is 4.06. The number of carbonyl (C=O) groups is 1. The average Bonchev–Trinajstić information content (AvgIpc) is 2.60. The van der Waals surface area contributed by atoms with E-state index in [1.807, 2.05) is 43.3 Å². The van der Waals surface area contributed by atoms with E-state index >= 15 is 0 Å². The monoisotopic (exact) mass is 329 g/mol. The highest BCUT2D eigenvalue weighted by Gasteiger charge is 2.14. The van der Waals surface area contributed by atoms with Gasteiger partial charge in [0.05, 0.1) is 25.3 Å². The normalized spacial score (nSPS) is 10.5. The Morgan fingerprint density at radius 3 is 2.21 bits per heavy atom. The molecule has 0 atom stereocenters. The van der Waals surface area contributed by atoms with Gasteiger partial charge in [0.2, 0.25) is 0 Å². The van der Waals surface area contributed by atoms with Gasteiger partial charge in [-0.1, -0.05) is 12.1 Å². The maximum absolute atomic E-state index is 11.5. The Balaban J connectivity index is 2.38. The third-order valence-electron chi connectivity index (χ3n) is 3.65. The first-order valence-electron chi connectivity index (χ1n) is 7.68. The van der Waals surface area contributed by atoms with Gasteiger partial charge >= 0.3 is 0 Å². The Kier molecular flexibility index (Phi) is 6.21. The second-order valence-electron chi connectivity index (χ2n) is 5.56. The fourth-order valence-corrected chi connectivity index (χ4v) is 2.40. The molecule has 0 amide bonds. The Labute approximate surface area is 142 Å². The number of hydrogen-bond acceptors (Lipinski definition) is 5. The Bertz CT molecular complexity index is 676. The van der Waals surface area contributed by atoms with Crippen LogP contribution in [0.1, 0.15) is 10.4 Å². The topological polar surface area (TPSA) is 48.0 Å². The summed E-state index contributed by atoms with van der Waals surface area (Å²) in [4.78, 5) is 13.5. The van der Waals surface area contributed by atoms with E-state index < -0.39 is 0 Å². The van der Waals surface area contributed by atoms with E-state index in [0.717, 1.165) is 24.0 Å². The van der Waals surface area contributed by atoms with Gasteiger partial charge in [0.1, 0.15) is 23.9 Å². The number of hydrogen-bond donors (Lipinski definition) is 0. The lowest BCUT2D eigenvalue weighted by molar-refractivity contribution is 0.111. The van der Waals surface area contributed by atoms with E-state index in [9.17, 15) is 4.79 Å². The van der Waals surface area contributed by atoms with Crippen molar-refractivity contribution >= 4 is 6.29 Å². The van der Waals surface area contributed by atoms with Crippen LogP contribution in [-0.2, 0) is 0 Å². The van der Waals surface area contributed by atoms with Gasteiger partial charge in [-0.2, -0.15) is 0 Å². The summed E-state index contributed by atoms with van der Waals surface area (Å²) in [6.07, 6.45) is 0.802. The first-order chi connectivity index (χ1) is 11.6. The standard InChI is InChI=1S/C19H23NO4/c1-20(2)10-11-24-16-9-8-14(12-15(16)13-21)19-17(22-3)6-5-7-18(19)23-4/h5-9,12-13H,10-11H2,1-4H3. The number of ether oxygens (including phenoxy) is 3. The van der Waals surface area contributed by atoms with Crippen LogP contribution in [-0.4, -0.2) is 52.7 Å². The van der Waals surface area contributed by atoms with Gasteiger partial charge in [0, 0.05) is 6.54 Å². The molecule has 128 valence electrons. The molecule has 0 N–H and O–H groups in total. The number of carbonyl (C=O) groups excluding carboxylic acids is 1. The second kappa shape index (κ2) is 8.36. The van der Waals surface area contributed by atoms with Crippen LogP contribution in [0, 0.1) is 0 Å². The van der Waals surface area contributed by atoms with E-state index in [1.54, 1.807) is 26.4 Å². The number of likely N-dealkylation sites (N-methyl/N-ethyl adjacent to an activating group) is 1. The van der Waals surface area contributed by atoms with E-state index in [0.29, 0.717) is 29.4 Å². The summed E-state index contributed by atoms with van der Waals surface area (Å²) in [6.45, 7) is 1.30. The number of aldehydes is 1. The van der Waals surface area contributed by atoms with Gasteiger partial charge in [-0.25, -0.2) is 0 Å². The van der Waals surface area contributed by atoms with Crippen LogP contribution >= 0.6 is 0 Å². The van der Waals surface area contributed by atoms with Gasteiger partial charge in [0.15, 0.2) is 6.29 Å². The van der Waals surface area contributed by atoms with E-state index in [2.05, 4.69) is 0 Å². The highest BCUT2D eigenvalue weighted by Crippen LogP contribution is 2.39. The zero-order valence-electron chi connectivity index (χ0n) is 14.5. The zero-order chi connectivity index (χ0) is 17.5. The Morgan fingerprint density at radius 2 is 1.67 bits per heavy atom. The van der Waals surface area contributed by atoms with Crippen molar-refractivity contribution in [3.8, 4) is 28.4 Å². The molecule has 0 radical (unpaired) electrons. The van der Waals surface area contributed by atoms with Crippen LogP contribution in [0.4, 0.5) is 0 Å². The summed E-state index contributed by atoms with van der Waals surface area (Å²) in [7, 11) is 7.16. The first-order valence-corrected chi connectivity index (χ1v) is 7.68. The molecule has 0 aliphatic rings. The van der Waals surface area contributed by atoms with Crippen molar-refractivity contribution in [1.29, 1.82) is 0 Å². The minimum atomic E-state index is 0.499. The quantitative estimate of drug-likeness (QED) is 0.697. The number of rotatable bonds is 8. The van der Waals surface area contributed by atoms with E-state index in [1.165, 1.54) is 0 Å². The summed E-state index contributed by atoms with van der Waals surface area (Å²) < 4.78 is 16.6. The summed E-state index contributed by atoms with van der Waals surface area (Å²) in [5, 5.41) is 0. The molecule has 2 aromatic rings. The van der Waals surface area contributed by atoms with Crippen LogP contribution in [0.2, 0.25) is 0 Å². The minimum absolute atomic E-state index is 0.499. The highest BCUT2D eigenvalue weighted by atomic mass is 16.5.